The van der Waals surface area contributed by atoms with Crippen molar-refractivity contribution in [1.82, 2.24) is 0 Å². The normalized spacial score (nSPS) is 14.2. The highest BCUT2D eigenvalue weighted by Crippen LogP contribution is 2.22. The zero-order chi connectivity index (χ0) is 14.7. The van der Waals surface area contributed by atoms with Gasteiger partial charge in [0, 0.05) is 0 Å². The lowest BCUT2D eigenvalue weighted by atomic mass is 10.2. The van der Waals surface area contributed by atoms with Crippen LogP contribution in [0.5, 0.6) is 0 Å². The van der Waals surface area contributed by atoms with Crippen LogP contribution >= 0.6 is 0 Å². The molecular weight excluding hydrogens is 264 g/mol. The van der Waals surface area contributed by atoms with E-state index >= 15 is 0 Å². The van der Waals surface area contributed by atoms with Crippen molar-refractivity contribution in [3.8, 4) is 0 Å². The van der Waals surface area contributed by atoms with Gasteiger partial charge in [0.15, 0.2) is 0 Å². The summed E-state index contributed by atoms with van der Waals surface area (Å²) >= 11 is 0. The fourth-order valence-corrected chi connectivity index (χ4v) is 1.79. The third-order valence-corrected chi connectivity index (χ3v) is 2.75. The highest BCUT2D eigenvalue weighted by Gasteiger charge is 2.27. The number of hydrazone groups is 1. The minimum absolute atomic E-state index is 0.0202. The van der Waals surface area contributed by atoms with Crippen LogP contribution in [0.15, 0.2) is 29.4 Å². The van der Waals surface area contributed by atoms with Crippen LogP contribution in [0.3, 0.4) is 0 Å². The molecule has 0 aromatic heterocycles. The molecule has 0 saturated carbocycles. The number of carbonyl (C=O) groups is 3. The number of nitrogens with zero attached hydrogens (tertiary/aromatic N) is 2. The van der Waals surface area contributed by atoms with E-state index in [1.807, 2.05) is 0 Å². The molecule has 20 heavy (non-hydrogen) atoms. The second-order valence-electron chi connectivity index (χ2n) is 4.16. The summed E-state index contributed by atoms with van der Waals surface area (Å²) in [7, 11) is 1.26. The second-order valence-corrected chi connectivity index (χ2v) is 4.16. The number of carboxylic acids is 1. The van der Waals surface area contributed by atoms with Crippen LogP contribution in [0.4, 0.5) is 5.69 Å². The van der Waals surface area contributed by atoms with Gasteiger partial charge in [0.25, 0.3) is 5.91 Å². The molecule has 1 N–H and O–H groups in total. The van der Waals surface area contributed by atoms with E-state index < -0.39 is 11.9 Å². The molecular formula is C13H12N2O5. The smallest absolute Gasteiger partial charge is 0.335 e. The molecule has 1 heterocycles. The highest BCUT2D eigenvalue weighted by molar-refractivity contribution is 6.16. The monoisotopic (exact) mass is 276 g/mol. The van der Waals surface area contributed by atoms with E-state index in [1.54, 1.807) is 6.07 Å². The van der Waals surface area contributed by atoms with Gasteiger partial charge in [0.05, 0.1) is 36.9 Å². The maximum absolute atomic E-state index is 11.8. The summed E-state index contributed by atoms with van der Waals surface area (Å²) < 4.78 is 4.51. The molecule has 1 amide bonds. The summed E-state index contributed by atoms with van der Waals surface area (Å²) in [6, 6.07) is 5.88. The van der Waals surface area contributed by atoms with Crippen LogP contribution in [0.25, 0.3) is 0 Å². The Balaban J connectivity index is 2.24. The molecule has 0 aliphatic carbocycles. The number of carbonyl (C=O) groups excluding carboxylic acids is 2. The first-order chi connectivity index (χ1) is 9.51. The molecule has 2 rings (SSSR count). The van der Waals surface area contributed by atoms with Crippen molar-refractivity contribution in [3.05, 3.63) is 29.8 Å². The van der Waals surface area contributed by atoms with Gasteiger partial charge in [-0.15, -0.1) is 0 Å². The Morgan fingerprint density at radius 2 is 2.20 bits per heavy atom. The van der Waals surface area contributed by atoms with Gasteiger partial charge < -0.3 is 9.84 Å². The van der Waals surface area contributed by atoms with E-state index in [0.717, 1.165) is 5.01 Å². The van der Waals surface area contributed by atoms with Crippen LogP contribution < -0.4 is 5.01 Å². The van der Waals surface area contributed by atoms with Crippen molar-refractivity contribution in [2.45, 2.75) is 12.8 Å². The number of hydrogen-bond acceptors (Lipinski definition) is 5. The number of esters is 1. The number of amides is 1. The number of carboxylic acid groups (broad SMARTS) is 1. The predicted octanol–water partition coefficient (Wildman–Crippen LogP) is 1.04. The lowest BCUT2D eigenvalue weighted by Gasteiger charge is -2.11. The SMILES string of the molecule is COC(=O)CC1=NN(c2cccc(C(=O)O)c2)C(=O)C1. The zero-order valence-electron chi connectivity index (χ0n) is 10.7. The van der Waals surface area contributed by atoms with E-state index in [-0.39, 0.29) is 24.3 Å². The number of aromatic carboxylic acids is 1. The molecule has 0 unspecified atom stereocenters. The minimum atomic E-state index is -1.09. The topological polar surface area (TPSA) is 96.3 Å². The van der Waals surface area contributed by atoms with Crippen LogP contribution in [0, 0.1) is 0 Å². The molecule has 1 aliphatic heterocycles. The fourth-order valence-electron chi connectivity index (χ4n) is 1.79. The Bertz CT molecular complexity index is 609. The van der Waals surface area contributed by atoms with Crippen molar-refractivity contribution in [2.75, 3.05) is 12.1 Å². The number of rotatable bonds is 4. The van der Waals surface area contributed by atoms with Gasteiger partial charge in [0.1, 0.15) is 0 Å². The molecule has 0 fully saturated rings. The minimum Gasteiger partial charge on any atom is -0.478 e. The van der Waals surface area contributed by atoms with Crippen LogP contribution in [0.2, 0.25) is 0 Å². The number of ether oxygens (including phenoxy) is 1. The van der Waals surface area contributed by atoms with Gasteiger partial charge >= 0.3 is 11.9 Å². The van der Waals surface area contributed by atoms with Crippen molar-refractivity contribution >= 4 is 29.2 Å². The highest BCUT2D eigenvalue weighted by atomic mass is 16.5. The molecule has 0 saturated heterocycles. The molecule has 0 atom stereocenters. The Morgan fingerprint density at radius 3 is 2.85 bits per heavy atom. The molecule has 0 spiro atoms. The van der Waals surface area contributed by atoms with Gasteiger partial charge in [-0.25, -0.2) is 9.80 Å². The molecule has 1 aliphatic rings. The van der Waals surface area contributed by atoms with Gasteiger partial charge in [-0.1, -0.05) is 6.07 Å². The van der Waals surface area contributed by atoms with E-state index in [9.17, 15) is 14.4 Å². The lowest BCUT2D eigenvalue weighted by Crippen LogP contribution is -2.19. The van der Waals surface area contributed by atoms with Crippen molar-refractivity contribution in [1.29, 1.82) is 0 Å². The number of anilines is 1. The van der Waals surface area contributed by atoms with Gasteiger partial charge in [-0.3, -0.25) is 9.59 Å². The first kappa shape index (κ1) is 13.7. The summed E-state index contributed by atoms with van der Waals surface area (Å²) in [6.45, 7) is 0. The van der Waals surface area contributed by atoms with Crippen molar-refractivity contribution < 1.29 is 24.2 Å². The fraction of sp³-hybridized carbons (Fsp3) is 0.231. The van der Waals surface area contributed by atoms with Crippen molar-refractivity contribution in [2.24, 2.45) is 5.10 Å². The van der Waals surface area contributed by atoms with E-state index in [2.05, 4.69) is 9.84 Å². The molecule has 0 radical (unpaired) electrons. The summed E-state index contributed by atoms with van der Waals surface area (Å²) in [5.74, 6) is -1.87. The lowest BCUT2D eigenvalue weighted by molar-refractivity contribution is -0.139. The first-order valence-corrected chi connectivity index (χ1v) is 5.80. The molecule has 1 aromatic rings. The molecule has 0 bridgehead atoms. The zero-order valence-corrected chi connectivity index (χ0v) is 10.7. The maximum Gasteiger partial charge on any atom is 0.335 e. The predicted molar refractivity (Wildman–Crippen MR) is 69.6 cm³/mol. The molecule has 7 nitrogen and oxygen atoms in total. The van der Waals surface area contributed by atoms with Crippen LogP contribution in [0.1, 0.15) is 23.2 Å². The number of hydrogen-bond donors (Lipinski definition) is 1. The van der Waals surface area contributed by atoms with Gasteiger partial charge in [0.2, 0.25) is 0 Å². The average Bonchev–Trinajstić information content (AvgIpc) is 2.79. The van der Waals surface area contributed by atoms with E-state index in [0.29, 0.717) is 11.4 Å². The third-order valence-electron chi connectivity index (χ3n) is 2.75. The first-order valence-electron chi connectivity index (χ1n) is 5.80. The van der Waals surface area contributed by atoms with E-state index in [4.69, 9.17) is 5.11 Å². The standard InChI is InChI=1S/C13H12N2O5/c1-20-12(17)7-9-6-11(16)15(14-9)10-4-2-3-8(5-10)13(18)19/h2-5H,6-7H2,1H3,(H,18,19). The van der Waals surface area contributed by atoms with Gasteiger partial charge in [-0.2, -0.15) is 5.10 Å². The Labute approximate surface area is 114 Å². The molecule has 1 aromatic carbocycles. The van der Waals surface area contributed by atoms with Crippen LogP contribution in [-0.4, -0.2) is 35.8 Å². The number of benzene rings is 1. The summed E-state index contributed by atoms with van der Waals surface area (Å²) in [6.07, 6.45) is -0.0379. The average molecular weight is 276 g/mol. The molecule has 7 heteroatoms. The summed E-state index contributed by atoms with van der Waals surface area (Å²) in [5.41, 5.74) is 0.810. The van der Waals surface area contributed by atoms with Crippen molar-refractivity contribution in [3.63, 3.8) is 0 Å². The Kier molecular flexibility index (Phi) is 3.79. The number of methoxy groups -OCH3 is 1. The summed E-state index contributed by atoms with van der Waals surface area (Å²) in [5, 5.41) is 14.1. The Morgan fingerprint density at radius 1 is 1.45 bits per heavy atom. The van der Waals surface area contributed by atoms with Crippen LogP contribution in [-0.2, 0) is 14.3 Å². The second kappa shape index (κ2) is 5.52. The largest absolute Gasteiger partial charge is 0.478 e. The third kappa shape index (κ3) is 2.82. The molecule has 104 valence electrons. The quantitative estimate of drug-likeness (QED) is 0.829. The van der Waals surface area contributed by atoms with Gasteiger partial charge in [-0.05, 0) is 18.2 Å². The van der Waals surface area contributed by atoms with E-state index in [1.165, 1.54) is 25.3 Å². The maximum atomic E-state index is 11.8. The Hall–Kier alpha value is -2.70. The summed E-state index contributed by atoms with van der Waals surface area (Å²) in [4.78, 5) is 33.9.